The molecule has 1 heteroatoms. The molecule has 13 heavy (non-hydrogen) atoms. The molecule has 0 saturated heterocycles. The zero-order chi connectivity index (χ0) is 9.26. The van der Waals surface area contributed by atoms with Crippen molar-refractivity contribution in [3.63, 3.8) is 0 Å². The Hall–Kier alpha value is -1.50. The van der Waals surface area contributed by atoms with Crippen molar-refractivity contribution in [2.24, 2.45) is 0 Å². The highest BCUT2D eigenvalue weighted by atomic mass is 14.8. The first-order valence-corrected chi connectivity index (χ1v) is 4.49. The van der Waals surface area contributed by atoms with Crippen molar-refractivity contribution >= 4 is 16.5 Å². The quantitative estimate of drug-likeness (QED) is 0.694. The van der Waals surface area contributed by atoms with Crippen LogP contribution in [0, 0.1) is 6.92 Å². The van der Waals surface area contributed by atoms with Crippen LogP contribution in [0.4, 0.5) is 5.69 Å². The van der Waals surface area contributed by atoms with E-state index in [1.165, 1.54) is 22.0 Å². The highest BCUT2D eigenvalue weighted by molar-refractivity contribution is 5.95. The number of benzene rings is 2. The number of anilines is 1. The average Bonchev–Trinajstić information content (AvgIpc) is 2.18. The molecule has 0 aliphatic carbocycles. The van der Waals surface area contributed by atoms with Crippen molar-refractivity contribution in [1.29, 1.82) is 0 Å². The first-order valence-electron chi connectivity index (χ1n) is 4.49. The van der Waals surface area contributed by atoms with E-state index >= 15 is 0 Å². The first-order chi connectivity index (χ1) is 6.33. The molecule has 0 aliphatic heterocycles. The molecule has 0 heterocycles. The third-order valence-corrected chi connectivity index (χ3v) is 2.41. The van der Waals surface area contributed by atoms with Gasteiger partial charge >= 0.3 is 0 Å². The standard InChI is InChI=1S/C12H13N/c1-9-5-3-7-11-10(9)6-4-8-12(11)13-2/h3-8,13H,1-2H3. The molecule has 0 amide bonds. The smallest absolute Gasteiger partial charge is 0.0417 e. The fraction of sp³-hybridized carbons (Fsp3) is 0.167. The number of hydrogen-bond acceptors (Lipinski definition) is 1. The zero-order valence-corrected chi connectivity index (χ0v) is 7.96. The van der Waals surface area contributed by atoms with Crippen molar-refractivity contribution in [2.75, 3.05) is 12.4 Å². The van der Waals surface area contributed by atoms with Gasteiger partial charge in [0.05, 0.1) is 0 Å². The maximum absolute atomic E-state index is 3.20. The van der Waals surface area contributed by atoms with E-state index in [1.54, 1.807) is 0 Å². The molecule has 2 rings (SSSR count). The lowest BCUT2D eigenvalue weighted by atomic mass is 10.0. The van der Waals surface area contributed by atoms with E-state index in [-0.39, 0.29) is 0 Å². The maximum atomic E-state index is 3.20. The summed E-state index contributed by atoms with van der Waals surface area (Å²) in [4.78, 5) is 0. The van der Waals surface area contributed by atoms with Crippen molar-refractivity contribution in [3.05, 3.63) is 42.0 Å². The Labute approximate surface area is 78.4 Å². The van der Waals surface area contributed by atoms with Gasteiger partial charge in [-0.2, -0.15) is 0 Å². The predicted octanol–water partition coefficient (Wildman–Crippen LogP) is 3.19. The molecular weight excluding hydrogens is 158 g/mol. The Morgan fingerprint density at radius 3 is 2.38 bits per heavy atom. The van der Waals surface area contributed by atoms with Crippen LogP contribution in [0.25, 0.3) is 10.8 Å². The van der Waals surface area contributed by atoms with Crippen molar-refractivity contribution in [3.8, 4) is 0 Å². The van der Waals surface area contributed by atoms with Crippen LogP contribution in [0.15, 0.2) is 36.4 Å². The summed E-state index contributed by atoms with van der Waals surface area (Å²) in [5, 5.41) is 5.82. The van der Waals surface area contributed by atoms with Crippen molar-refractivity contribution in [2.45, 2.75) is 6.92 Å². The lowest BCUT2D eigenvalue weighted by molar-refractivity contribution is 1.50. The van der Waals surface area contributed by atoms with Crippen LogP contribution < -0.4 is 5.32 Å². The van der Waals surface area contributed by atoms with Crippen LogP contribution in [-0.4, -0.2) is 7.05 Å². The van der Waals surface area contributed by atoms with Gasteiger partial charge in [-0.05, 0) is 23.9 Å². The number of aryl methyl sites for hydroxylation is 1. The lowest BCUT2D eigenvalue weighted by Crippen LogP contribution is -1.89. The number of rotatable bonds is 1. The molecule has 66 valence electrons. The molecular formula is C12H13N. The molecule has 0 aromatic heterocycles. The summed E-state index contributed by atoms with van der Waals surface area (Å²) >= 11 is 0. The summed E-state index contributed by atoms with van der Waals surface area (Å²) in [6, 6.07) is 12.7. The minimum atomic E-state index is 1.20. The van der Waals surface area contributed by atoms with Gasteiger partial charge in [-0.1, -0.05) is 30.3 Å². The van der Waals surface area contributed by atoms with Gasteiger partial charge in [0.1, 0.15) is 0 Å². The molecule has 2 aromatic carbocycles. The molecule has 0 radical (unpaired) electrons. The highest BCUT2D eigenvalue weighted by Crippen LogP contribution is 2.24. The summed E-state index contributed by atoms with van der Waals surface area (Å²) in [5.41, 5.74) is 2.52. The van der Waals surface area contributed by atoms with E-state index < -0.39 is 0 Å². The zero-order valence-electron chi connectivity index (χ0n) is 7.96. The fourth-order valence-electron chi connectivity index (χ4n) is 1.69. The Morgan fingerprint density at radius 2 is 1.62 bits per heavy atom. The van der Waals surface area contributed by atoms with E-state index in [1.807, 2.05) is 7.05 Å². The summed E-state index contributed by atoms with van der Waals surface area (Å²) < 4.78 is 0. The molecule has 0 fully saturated rings. The van der Waals surface area contributed by atoms with E-state index in [9.17, 15) is 0 Å². The second kappa shape index (κ2) is 3.09. The topological polar surface area (TPSA) is 12.0 Å². The predicted molar refractivity (Wildman–Crippen MR) is 58.2 cm³/mol. The molecule has 0 aliphatic rings. The van der Waals surface area contributed by atoms with Crippen molar-refractivity contribution in [1.82, 2.24) is 0 Å². The highest BCUT2D eigenvalue weighted by Gasteiger charge is 1.99. The van der Waals surface area contributed by atoms with Crippen LogP contribution in [0.2, 0.25) is 0 Å². The Kier molecular flexibility index (Phi) is 1.93. The van der Waals surface area contributed by atoms with Gasteiger partial charge in [0.2, 0.25) is 0 Å². The Morgan fingerprint density at radius 1 is 0.923 bits per heavy atom. The molecule has 0 spiro atoms. The second-order valence-electron chi connectivity index (χ2n) is 3.23. The summed E-state index contributed by atoms with van der Waals surface area (Å²) in [7, 11) is 1.96. The minimum Gasteiger partial charge on any atom is -0.388 e. The number of nitrogens with one attached hydrogen (secondary N) is 1. The third-order valence-electron chi connectivity index (χ3n) is 2.41. The van der Waals surface area contributed by atoms with Crippen molar-refractivity contribution < 1.29 is 0 Å². The van der Waals surface area contributed by atoms with Gasteiger partial charge in [0.25, 0.3) is 0 Å². The first kappa shape index (κ1) is 8.11. The minimum absolute atomic E-state index is 1.20. The lowest BCUT2D eigenvalue weighted by Gasteiger charge is -2.06. The summed E-state index contributed by atoms with van der Waals surface area (Å²) in [6.07, 6.45) is 0. The van der Waals surface area contributed by atoms with Crippen LogP contribution >= 0.6 is 0 Å². The van der Waals surface area contributed by atoms with Gasteiger partial charge < -0.3 is 5.32 Å². The molecule has 0 bridgehead atoms. The Balaban J connectivity index is 2.84. The van der Waals surface area contributed by atoms with Crippen LogP contribution in [0.5, 0.6) is 0 Å². The monoisotopic (exact) mass is 171 g/mol. The summed E-state index contributed by atoms with van der Waals surface area (Å²) in [6.45, 7) is 2.14. The van der Waals surface area contributed by atoms with Crippen LogP contribution in [0.3, 0.4) is 0 Å². The van der Waals surface area contributed by atoms with Gasteiger partial charge in [-0.15, -0.1) is 0 Å². The molecule has 0 unspecified atom stereocenters. The van der Waals surface area contributed by atoms with Gasteiger partial charge in [-0.3, -0.25) is 0 Å². The normalized spacial score (nSPS) is 10.3. The van der Waals surface area contributed by atoms with E-state index in [0.717, 1.165) is 0 Å². The van der Waals surface area contributed by atoms with E-state index in [2.05, 4.69) is 48.6 Å². The number of hydrogen-bond donors (Lipinski definition) is 1. The van der Waals surface area contributed by atoms with E-state index in [0.29, 0.717) is 0 Å². The molecule has 2 aromatic rings. The SMILES string of the molecule is CNc1cccc2c(C)cccc12. The van der Waals surface area contributed by atoms with Crippen LogP contribution in [0.1, 0.15) is 5.56 Å². The number of fused-ring (bicyclic) bond motifs is 1. The van der Waals surface area contributed by atoms with E-state index in [4.69, 9.17) is 0 Å². The molecule has 0 atom stereocenters. The molecule has 1 N–H and O–H groups in total. The fourth-order valence-corrected chi connectivity index (χ4v) is 1.69. The summed E-state index contributed by atoms with van der Waals surface area (Å²) in [5.74, 6) is 0. The van der Waals surface area contributed by atoms with Crippen LogP contribution in [-0.2, 0) is 0 Å². The maximum Gasteiger partial charge on any atom is 0.0417 e. The van der Waals surface area contributed by atoms with Gasteiger partial charge in [0, 0.05) is 18.1 Å². The molecule has 1 nitrogen and oxygen atoms in total. The van der Waals surface area contributed by atoms with Gasteiger partial charge in [0.15, 0.2) is 0 Å². The Bertz CT molecular complexity index is 432. The molecule has 0 saturated carbocycles. The second-order valence-corrected chi connectivity index (χ2v) is 3.23. The largest absolute Gasteiger partial charge is 0.388 e. The third kappa shape index (κ3) is 1.26. The average molecular weight is 171 g/mol. The van der Waals surface area contributed by atoms with Gasteiger partial charge in [-0.25, -0.2) is 0 Å².